The Bertz CT molecular complexity index is 672. The lowest BCUT2D eigenvalue weighted by Crippen LogP contribution is -2.47. The van der Waals surface area contributed by atoms with E-state index in [9.17, 15) is 14.9 Å². The highest BCUT2D eigenvalue weighted by Crippen LogP contribution is 2.65. The average molecular weight is 361 g/mol. The molecule has 0 amide bonds. The quantitative estimate of drug-likeness (QED) is 0.713. The summed E-state index contributed by atoms with van der Waals surface area (Å²) in [6.45, 7) is 14.4. The van der Waals surface area contributed by atoms with Gasteiger partial charge in [-0.1, -0.05) is 41.5 Å². The Balaban J connectivity index is 1.86. The molecule has 0 spiro atoms. The number of hydrogen-bond acceptors (Lipinski definition) is 5. The van der Waals surface area contributed by atoms with Crippen molar-refractivity contribution in [2.24, 2.45) is 39.9 Å². The standard InChI is InChI=1S/C21H31NO4/c1-11(2)8-20(7,19(4,5)6)17(23)25-15-13-9-21(10-22)14(12(13)3)16(15)26-18(21)24/h11-16H,8-9H2,1-7H3. The molecule has 3 rings (SSSR count). The summed E-state index contributed by atoms with van der Waals surface area (Å²) in [7, 11) is 0. The van der Waals surface area contributed by atoms with E-state index in [0.29, 0.717) is 12.3 Å². The van der Waals surface area contributed by atoms with Crippen LogP contribution in [0.4, 0.5) is 0 Å². The fourth-order valence-corrected chi connectivity index (χ4v) is 5.53. The lowest BCUT2D eigenvalue weighted by Gasteiger charge is -2.42. The minimum Gasteiger partial charge on any atom is -0.458 e. The summed E-state index contributed by atoms with van der Waals surface area (Å²) in [6.07, 6.45) is 0.282. The molecule has 7 atom stereocenters. The molecule has 144 valence electrons. The van der Waals surface area contributed by atoms with Gasteiger partial charge in [0.1, 0.15) is 12.2 Å². The second kappa shape index (κ2) is 5.71. The largest absolute Gasteiger partial charge is 0.458 e. The molecule has 7 unspecified atom stereocenters. The van der Waals surface area contributed by atoms with Crippen LogP contribution in [0.25, 0.3) is 0 Å². The van der Waals surface area contributed by atoms with Crippen LogP contribution >= 0.6 is 0 Å². The first-order valence-electron chi connectivity index (χ1n) is 9.72. The first kappa shape index (κ1) is 19.2. The molecular formula is C21H31NO4. The van der Waals surface area contributed by atoms with Crippen LogP contribution in [0.15, 0.2) is 0 Å². The van der Waals surface area contributed by atoms with Gasteiger partial charge in [0.15, 0.2) is 5.41 Å². The van der Waals surface area contributed by atoms with Gasteiger partial charge in [-0.05, 0) is 37.0 Å². The van der Waals surface area contributed by atoms with Crippen molar-refractivity contribution in [1.82, 2.24) is 0 Å². The van der Waals surface area contributed by atoms with Crippen LogP contribution in [-0.4, -0.2) is 24.1 Å². The summed E-state index contributed by atoms with van der Waals surface area (Å²) >= 11 is 0. The van der Waals surface area contributed by atoms with Gasteiger partial charge in [0.2, 0.25) is 0 Å². The Morgan fingerprint density at radius 1 is 1.38 bits per heavy atom. The molecule has 2 aliphatic carbocycles. The van der Waals surface area contributed by atoms with Crippen molar-refractivity contribution < 1.29 is 19.1 Å². The number of nitriles is 1. The van der Waals surface area contributed by atoms with Gasteiger partial charge in [-0.2, -0.15) is 5.26 Å². The van der Waals surface area contributed by atoms with Crippen molar-refractivity contribution in [3.8, 4) is 6.07 Å². The molecular weight excluding hydrogens is 330 g/mol. The average Bonchev–Trinajstić information content (AvgIpc) is 3.02. The normalized spacial score (nSPS) is 40.3. The van der Waals surface area contributed by atoms with E-state index in [4.69, 9.17) is 9.47 Å². The second-order valence-electron chi connectivity index (χ2n) is 10.3. The van der Waals surface area contributed by atoms with Gasteiger partial charge in [0.25, 0.3) is 0 Å². The predicted molar refractivity (Wildman–Crippen MR) is 95.6 cm³/mol. The molecule has 0 aromatic heterocycles. The SMILES string of the molecule is CC(C)CC(C)(C(=O)OC1C2CC3(C#N)C(=O)OC1C3C2C)C(C)(C)C. The molecule has 0 N–H and O–H groups in total. The van der Waals surface area contributed by atoms with Crippen LogP contribution in [0.1, 0.15) is 61.3 Å². The number of fused-ring (bicyclic) bond motifs is 1. The molecule has 5 heteroatoms. The smallest absolute Gasteiger partial charge is 0.327 e. The van der Waals surface area contributed by atoms with Crippen LogP contribution in [0.3, 0.4) is 0 Å². The third-order valence-electron chi connectivity index (χ3n) is 7.44. The highest BCUT2D eigenvalue weighted by Gasteiger charge is 2.75. The van der Waals surface area contributed by atoms with Gasteiger partial charge in [0.05, 0.1) is 11.5 Å². The van der Waals surface area contributed by atoms with Crippen molar-refractivity contribution in [1.29, 1.82) is 5.26 Å². The van der Waals surface area contributed by atoms with Crippen LogP contribution in [0.2, 0.25) is 0 Å². The summed E-state index contributed by atoms with van der Waals surface area (Å²) in [5, 5.41) is 9.60. The Morgan fingerprint density at radius 2 is 2.00 bits per heavy atom. The Hall–Kier alpha value is -1.57. The van der Waals surface area contributed by atoms with Gasteiger partial charge in [-0.25, -0.2) is 0 Å². The van der Waals surface area contributed by atoms with Gasteiger partial charge >= 0.3 is 11.9 Å². The second-order valence-corrected chi connectivity index (χ2v) is 10.3. The van der Waals surface area contributed by atoms with E-state index in [-0.39, 0.29) is 29.1 Å². The molecule has 0 aromatic rings. The number of esters is 2. The highest BCUT2D eigenvalue weighted by atomic mass is 16.6. The first-order chi connectivity index (χ1) is 11.9. The van der Waals surface area contributed by atoms with Crippen molar-refractivity contribution in [2.45, 2.75) is 73.5 Å². The third-order valence-corrected chi connectivity index (χ3v) is 7.44. The van der Waals surface area contributed by atoms with Crippen LogP contribution < -0.4 is 0 Å². The third kappa shape index (κ3) is 2.33. The fourth-order valence-electron chi connectivity index (χ4n) is 5.53. The summed E-state index contributed by atoms with van der Waals surface area (Å²) in [4.78, 5) is 25.6. The number of ether oxygens (including phenoxy) is 2. The Morgan fingerprint density at radius 3 is 2.50 bits per heavy atom. The number of rotatable bonds is 4. The van der Waals surface area contributed by atoms with Crippen molar-refractivity contribution in [3.05, 3.63) is 0 Å². The van der Waals surface area contributed by atoms with Gasteiger partial charge in [-0.15, -0.1) is 0 Å². The highest BCUT2D eigenvalue weighted by molar-refractivity contribution is 5.85. The van der Waals surface area contributed by atoms with E-state index in [1.165, 1.54) is 0 Å². The molecule has 3 fully saturated rings. The van der Waals surface area contributed by atoms with Crippen LogP contribution in [0.5, 0.6) is 0 Å². The predicted octanol–water partition coefficient (Wildman–Crippen LogP) is 3.72. The maximum atomic E-state index is 13.3. The zero-order valence-electron chi connectivity index (χ0n) is 17.0. The summed E-state index contributed by atoms with van der Waals surface area (Å²) in [6, 6.07) is 2.22. The number of nitrogens with zero attached hydrogens (tertiary/aromatic N) is 1. The topological polar surface area (TPSA) is 76.4 Å². The number of hydrogen-bond donors (Lipinski definition) is 0. The van der Waals surface area contributed by atoms with Gasteiger partial charge in [0, 0.05) is 11.8 Å². The van der Waals surface area contributed by atoms with E-state index in [2.05, 4.69) is 40.7 Å². The molecule has 5 nitrogen and oxygen atoms in total. The zero-order chi connectivity index (χ0) is 19.7. The van der Waals surface area contributed by atoms with E-state index in [1.54, 1.807) is 0 Å². The Labute approximate surface area is 156 Å². The lowest BCUT2D eigenvalue weighted by molar-refractivity contribution is -0.179. The summed E-state index contributed by atoms with van der Waals surface area (Å²) in [5.74, 6) is -0.272. The van der Waals surface area contributed by atoms with Crippen LogP contribution in [-0.2, 0) is 19.1 Å². The van der Waals surface area contributed by atoms with Crippen molar-refractivity contribution >= 4 is 11.9 Å². The molecule has 0 aromatic carbocycles. The number of carbonyl (C=O) groups excluding carboxylic acids is 2. The number of carbonyl (C=O) groups is 2. The van der Waals surface area contributed by atoms with Crippen molar-refractivity contribution in [3.63, 3.8) is 0 Å². The first-order valence-corrected chi connectivity index (χ1v) is 9.72. The maximum Gasteiger partial charge on any atom is 0.327 e. The summed E-state index contributed by atoms with van der Waals surface area (Å²) in [5.41, 5.74) is -1.90. The Kier molecular flexibility index (Phi) is 4.22. The monoisotopic (exact) mass is 361 g/mol. The van der Waals surface area contributed by atoms with E-state index in [0.717, 1.165) is 6.42 Å². The summed E-state index contributed by atoms with van der Waals surface area (Å²) < 4.78 is 11.6. The molecule has 26 heavy (non-hydrogen) atoms. The fraction of sp³-hybridized carbons (Fsp3) is 0.857. The molecule has 2 bridgehead atoms. The maximum absolute atomic E-state index is 13.3. The van der Waals surface area contributed by atoms with Gasteiger partial charge in [-0.3, -0.25) is 9.59 Å². The van der Waals surface area contributed by atoms with E-state index >= 15 is 0 Å². The van der Waals surface area contributed by atoms with E-state index < -0.39 is 29.0 Å². The molecule has 1 heterocycles. The molecule has 1 saturated heterocycles. The molecule has 1 aliphatic heterocycles. The van der Waals surface area contributed by atoms with Gasteiger partial charge < -0.3 is 9.47 Å². The minimum absolute atomic E-state index is 0.0170. The zero-order valence-corrected chi connectivity index (χ0v) is 17.0. The minimum atomic E-state index is -1.02. The molecule has 2 saturated carbocycles. The van der Waals surface area contributed by atoms with Crippen LogP contribution in [0, 0.1) is 51.2 Å². The molecule has 3 aliphatic rings. The van der Waals surface area contributed by atoms with E-state index in [1.807, 2.05) is 13.8 Å². The van der Waals surface area contributed by atoms with Crippen molar-refractivity contribution in [2.75, 3.05) is 0 Å². The molecule has 0 radical (unpaired) electrons. The lowest BCUT2D eigenvalue weighted by atomic mass is 9.64.